The standard InChI is InChI=1S/C41H53N7O8S2/c1-26(49)42-19-9-7-14-28(36(51)43-29-17-18-31-35(23-29)58-39(45-31)38-46-32(25-57-38)40(53)54)22-34(50)30(15-8-10-20-47(2)3)44-37(52)33-16-11-21-48(33)41(55)56-24-27-12-5-4-6-13-27/h4-6,12-13,17-18,23,28,30,32-33H,7-11,14-16,19-22,24-25H2,1-3H3,(H,42,49)(H,43,51)(H,44,52)(H,53,54)/t28-,30+,32-,33+/m1/s1. The Morgan fingerprint density at radius 3 is 2.52 bits per heavy atom. The number of amides is 4. The van der Waals surface area contributed by atoms with Crippen molar-refractivity contribution < 1.29 is 38.6 Å². The molecule has 5 rings (SSSR count). The third-order valence-corrected chi connectivity index (χ3v) is 12.2. The molecule has 0 unspecified atom stereocenters. The molecule has 3 aromatic rings. The van der Waals surface area contributed by atoms with Crippen LogP contribution < -0.4 is 16.0 Å². The summed E-state index contributed by atoms with van der Waals surface area (Å²) in [6, 6.07) is 12.1. The number of rotatable bonds is 21. The third kappa shape index (κ3) is 13.1. The minimum absolute atomic E-state index is 0.0781. The van der Waals surface area contributed by atoms with E-state index in [0.717, 1.165) is 23.2 Å². The van der Waals surface area contributed by atoms with Gasteiger partial charge in [-0.15, -0.1) is 23.1 Å². The lowest BCUT2D eigenvalue weighted by molar-refractivity contribution is -0.137. The van der Waals surface area contributed by atoms with E-state index in [1.54, 1.807) is 18.2 Å². The molecule has 15 nitrogen and oxygen atoms in total. The molecule has 0 bridgehead atoms. The lowest BCUT2D eigenvalue weighted by Crippen LogP contribution is -2.51. The number of carbonyl (C=O) groups is 6. The van der Waals surface area contributed by atoms with Gasteiger partial charge in [0, 0.05) is 43.8 Å². The van der Waals surface area contributed by atoms with Gasteiger partial charge < -0.3 is 30.7 Å². The van der Waals surface area contributed by atoms with Gasteiger partial charge in [-0.1, -0.05) is 36.8 Å². The smallest absolute Gasteiger partial charge is 0.410 e. The zero-order chi connectivity index (χ0) is 41.6. The van der Waals surface area contributed by atoms with E-state index in [4.69, 9.17) is 4.74 Å². The van der Waals surface area contributed by atoms with E-state index in [2.05, 4.69) is 30.8 Å². The highest BCUT2D eigenvalue weighted by molar-refractivity contribution is 8.15. The van der Waals surface area contributed by atoms with E-state index in [9.17, 15) is 33.9 Å². The van der Waals surface area contributed by atoms with E-state index in [1.807, 2.05) is 44.4 Å². The Kier molecular flexibility index (Phi) is 16.6. The van der Waals surface area contributed by atoms with Crippen LogP contribution in [0.4, 0.5) is 10.5 Å². The maximum atomic E-state index is 14.2. The van der Waals surface area contributed by atoms with Crippen molar-refractivity contribution in [1.29, 1.82) is 0 Å². The number of benzene rings is 2. The maximum Gasteiger partial charge on any atom is 0.410 e. The van der Waals surface area contributed by atoms with Crippen molar-refractivity contribution in [3.05, 3.63) is 59.1 Å². The van der Waals surface area contributed by atoms with E-state index in [-0.39, 0.29) is 30.6 Å². The molecule has 312 valence electrons. The molecule has 17 heteroatoms. The number of likely N-dealkylation sites (tertiary alicyclic amines) is 1. The lowest BCUT2D eigenvalue weighted by atomic mass is 9.90. The number of aliphatic carboxylic acids is 1. The van der Waals surface area contributed by atoms with Crippen LogP contribution in [0.5, 0.6) is 0 Å². The summed E-state index contributed by atoms with van der Waals surface area (Å²) in [5.74, 6) is -2.56. The molecule has 4 atom stereocenters. The molecule has 58 heavy (non-hydrogen) atoms. The van der Waals surface area contributed by atoms with Crippen LogP contribution >= 0.6 is 23.1 Å². The topological polar surface area (TPSA) is 200 Å². The zero-order valence-electron chi connectivity index (χ0n) is 33.2. The normalized spacial score (nSPS) is 17.4. The van der Waals surface area contributed by atoms with Gasteiger partial charge >= 0.3 is 12.1 Å². The molecule has 2 aliphatic heterocycles. The van der Waals surface area contributed by atoms with Crippen LogP contribution in [0.25, 0.3) is 10.2 Å². The summed E-state index contributed by atoms with van der Waals surface area (Å²) in [5.41, 5.74) is 2.03. The van der Waals surface area contributed by atoms with Gasteiger partial charge in [-0.25, -0.2) is 14.6 Å². The number of ketones is 1. The van der Waals surface area contributed by atoms with Gasteiger partial charge in [0.15, 0.2) is 11.8 Å². The fourth-order valence-electron chi connectivity index (χ4n) is 6.86. The zero-order valence-corrected chi connectivity index (χ0v) is 34.9. The van der Waals surface area contributed by atoms with Crippen molar-refractivity contribution in [2.75, 3.05) is 44.8 Å². The van der Waals surface area contributed by atoms with Gasteiger partial charge in [0.25, 0.3) is 0 Å². The maximum absolute atomic E-state index is 14.2. The van der Waals surface area contributed by atoms with Crippen LogP contribution in [-0.2, 0) is 35.3 Å². The Morgan fingerprint density at radius 1 is 1.02 bits per heavy atom. The monoisotopic (exact) mass is 835 g/mol. The highest BCUT2D eigenvalue weighted by Gasteiger charge is 2.37. The van der Waals surface area contributed by atoms with Gasteiger partial charge in [-0.05, 0) is 89.3 Å². The summed E-state index contributed by atoms with van der Waals surface area (Å²) in [5, 5.41) is 19.2. The number of aromatic nitrogens is 1. The van der Waals surface area contributed by atoms with E-state index >= 15 is 0 Å². The van der Waals surface area contributed by atoms with Crippen molar-refractivity contribution in [2.24, 2.45) is 10.9 Å². The summed E-state index contributed by atoms with van der Waals surface area (Å²) in [4.78, 5) is 90.3. The first-order chi connectivity index (χ1) is 27.9. The third-order valence-electron chi connectivity index (χ3n) is 10.00. The van der Waals surface area contributed by atoms with Crippen molar-refractivity contribution in [2.45, 2.75) is 89.4 Å². The van der Waals surface area contributed by atoms with Crippen LogP contribution in [0, 0.1) is 5.92 Å². The van der Waals surface area contributed by atoms with Gasteiger partial charge in [0.05, 0.1) is 16.3 Å². The molecule has 4 N–H and O–H groups in total. The average Bonchev–Trinajstić information content (AvgIpc) is 3.98. The van der Waals surface area contributed by atoms with Crippen LogP contribution in [-0.4, -0.2) is 118 Å². The second-order valence-electron chi connectivity index (χ2n) is 14.9. The number of nitrogens with zero attached hydrogens (tertiary/aromatic N) is 4. The number of anilines is 1. The molecule has 2 aliphatic rings. The number of thiazole rings is 1. The first kappa shape index (κ1) is 44.2. The molecule has 2 aromatic carbocycles. The minimum Gasteiger partial charge on any atom is -0.480 e. The number of hydrogen-bond acceptors (Lipinski definition) is 12. The van der Waals surface area contributed by atoms with Crippen molar-refractivity contribution in [3.63, 3.8) is 0 Å². The van der Waals surface area contributed by atoms with Gasteiger partial charge in [-0.3, -0.25) is 29.1 Å². The molecule has 0 radical (unpaired) electrons. The Morgan fingerprint density at radius 2 is 1.79 bits per heavy atom. The predicted molar refractivity (Wildman–Crippen MR) is 225 cm³/mol. The number of carboxylic acids is 1. The number of carbonyl (C=O) groups excluding carboxylic acids is 5. The van der Waals surface area contributed by atoms with Crippen LogP contribution in [0.2, 0.25) is 0 Å². The molecule has 0 saturated carbocycles. The fourth-order valence-corrected chi connectivity index (χ4v) is 8.97. The largest absolute Gasteiger partial charge is 0.480 e. The number of ether oxygens (including phenoxy) is 1. The molecule has 3 heterocycles. The van der Waals surface area contributed by atoms with Crippen molar-refractivity contribution >= 4 is 79.6 Å². The van der Waals surface area contributed by atoms with Crippen molar-refractivity contribution in [3.8, 4) is 0 Å². The second kappa shape index (κ2) is 21.8. The molecule has 0 spiro atoms. The number of thioether (sulfide) groups is 1. The van der Waals surface area contributed by atoms with Gasteiger partial charge in [0.2, 0.25) is 17.7 Å². The minimum atomic E-state index is -0.980. The summed E-state index contributed by atoms with van der Waals surface area (Å²) >= 11 is 2.70. The first-order valence-electron chi connectivity index (χ1n) is 19.7. The highest BCUT2D eigenvalue weighted by Crippen LogP contribution is 2.32. The Hall–Kier alpha value is -4.87. The lowest BCUT2D eigenvalue weighted by Gasteiger charge is -2.27. The number of hydrogen-bond donors (Lipinski definition) is 4. The Bertz CT molecular complexity index is 1960. The van der Waals surface area contributed by atoms with Gasteiger partial charge in [0.1, 0.15) is 22.7 Å². The Balaban J connectivity index is 1.28. The molecule has 1 saturated heterocycles. The molecule has 1 aromatic heterocycles. The second-order valence-corrected chi connectivity index (χ2v) is 16.9. The summed E-state index contributed by atoms with van der Waals surface area (Å²) < 4.78 is 6.32. The molecular formula is C41H53N7O8S2. The Labute approximate surface area is 346 Å². The SMILES string of the molecule is CC(=O)NCCCC[C@H](CC(=O)[C@H](CCCCN(C)C)NC(=O)[C@@H]1CCCN1C(=O)OCc1ccccc1)C(=O)Nc1ccc2nc(C3=N[C@@H](C(=O)O)CS3)sc2c1. The predicted octanol–water partition coefficient (Wildman–Crippen LogP) is 5.08. The number of carboxylic acid groups (broad SMARTS) is 1. The van der Waals surface area contributed by atoms with Crippen molar-refractivity contribution in [1.82, 2.24) is 25.4 Å². The highest BCUT2D eigenvalue weighted by atomic mass is 32.2. The summed E-state index contributed by atoms with van der Waals surface area (Å²) in [6.45, 7) is 3.13. The van der Waals surface area contributed by atoms with Crippen LogP contribution in [0.1, 0.15) is 75.3 Å². The molecule has 1 fully saturated rings. The fraction of sp³-hybridized carbons (Fsp3) is 0.512. The summed E-state index contributed by atoms with van der Waals surface area (Å²) in [7, 11) is 3.94. The van der Waals surface area contributed by atoms with E-state index < -0.39 is 42.0 Å². The van der Waals surface area contributed by atoms with E-state index in [0.29, 0.717) is 85.0 Å². The van der Waals surface area contributed by atoms with E-state index in [1.165, 1.54) is 34.9 Å². The first-order valence-corrected chi connectivity index (χ1v) is 21.5. The quantitative estimate of drug-likeness (QED) is 0.104. The molecule has 0 aliphatic carbocycles. The van der Waals surface area contributed by atoms with Crippen LogP contribution in [0.3, 0.4) is 0 Å². The number of nitrogens with one attached hydrogen (secondary N) is 3. The molecule has 4 amide bonds. The van der Waals surface area contributed by atoms with Gasteiger partial charge in [-0.2, -0.15) is 0 Å². The number of Topliss-reactive ketones (excluding diaryl/α,β-unsaturated/α-hetero) is 1. The summed E-state index contributed by atoms with van der Waals surface area (Å²) in [6.07, 6.45) is 3.75. The average molecular weight is 836 g/mol. The van der Waals surface area contributed by atoms with Crippen LogP contribution in [0.15, 0.2) is 53.5 Å². The molecular weight excluding hydrogens is 783 g/mol. The number of aliphatic imine (C=N–C) groups is 1. The number of fused-ring (bicyclic) bond motifs is 1. The number of unbranched alkanes of at least 4 members (excludes halogenated alkanes) is 2.